The van der Waals surface area contributed by atoms with Crippen LogP contribution in [0.3, 0.4) is 0 Å². The molecule has 1 aromatic heterocycles. The van der Waals surface area contributed by atoms with Gasteiger partial charge in [-0.2, -0.15) is 10.5 Å². The zero-order valence-electron chi connectivity index (χ0n) is 13.2. The van der Waals surface area contributed by atoms with Crippen LogP contribution >= 0.6 is 27.7 Å². The van der Waals surface area contributed by atoms with E-state index < -0.39 is 0 Å². The SMILES string of the molecule is N#CCCN(CCC#N)C(=O)CSc1nnc(-c2ccc(Br)cc2)o1. The molecule has 0 N–H and O–H groups in total. The Kier molecular flexibility index (Phi) is 7.45. The molecule has 0 atom stereocenters. The van der Waals surface area contributed by atoms with Crippen LogP contribution in [0.5, 0.6) is 0 Å². The Morgan fingerprint density at radius 3 is 2.40 bits per heavy atom. The van der Waals surface area contributed by atoms with Gasteiger partial charge in [-0.1, -0.05) is 27.7 Å². The molecule has 0 saturated heterocycles. The summed E-state index contributed by atoms with van der Waals surface area (Å²) in [5.74, 6) is 0.325. The van der Waals surface area contributed by atoms with E-state index in [-0.39, 0.29) is 24.5 Å². The normalized spacial score (nSPS) is 10.0. The molecule has 1 amide bonds. The van der Waals surface area contributed by atoms with Crippen molar-refractivity contribution in [1.82, 2.24) is 15.1 Å². The highest BCUT2D eigenvalue weighted by molar-refractivity contribution is 9.10. The number of benzene rings is 1. The van der Waals surface area contributed by atoms with Crippen molar-refractivity contribution >= 4 is 33.6 Å². The first kappa shape index (κ1) is 19.0. The van der Waals surface area contributed by atoms with Crippen LogP contribution in [0.4, 0.5) is 0 Å². The number of hydrogen-bond donors (Lipinski definition) is 0. The van der Waals surface area contributed by atoms with Gasteiger partial charge in [0.1, 0.15) is 0 Å². The number of nitrogens with zero attached hydrogens (tertiary/aromatic N) is 5. The number of carbonyl (C=O) groups is 1. The van der Waals surface area contributed by atoms with Gasteiger partial charge in [-0.25, -0.2) is 0 Å². The molecule has 9 heteroatoms. The van der Waals surface area contributed by atoms with Crippen molar-refractivity contribution in [3.05, 3.63) is 28.7 Å². The monoisotopic (exact) mass is 419 g/mol. The van der Waals surface area contributed by atoms with Gasteiger partial charge in [0, 0.05) is 23.1 Å². The van der Waals surface area contributed by atoms with E-state index in [0.29, 0.717) is 24.2 Å². The molecule has 0 unspecified atom stereocenters. The zero-order chi connectivity index (χ0) is 18.1. The van der Waals surface area contributed by atoms with Crippen LogP contribution in [0.25, 0.3) is 11.5 Å². The fraction of sp³-hybridized carbons (Fsp3) is 0.312. The maximum atomic E-state index is 12.2. The molecule has 25 heavy (non-hydrogen) atoms. The summed E-state index contributed by atoms with van der Waals surface area (Å²) in [6.07, 6.45) is 0.464. The average molecular weight is 420 g/mol. The number of carbonyl (C=O) groups excluding carboxylic acids is 1. The van der Waals surface area contributed by atoms with E-state index in [1.165, 1.54) is 4.90 Å². The highest BCUT2D eigenvalue weighted by Crippen LogP contribution is 2.24. The van der Waals surface area contributed by atoms with Crippen molar-refractivity contribution in [2.45, 2.75) is 18.1 Å². The molecule has 0 spiro atoms. The van der Waals surface area contributed by atoms with Crippen molar-refractivity contribution in [1.29, 1.82) is 10.5 Å². The van der Waals surface area contributed by atoms with E-state index >= 15 is 0 Å². The summed E-state index contributed by atoms with van der Waals surface area (Å²) in [6, 6.07) is 11.4. The molecule has 2 aromatic rings. The summed E-state index contributed by atoms with van der Waals surface area (Å²) in [5.41, 5.74) is 0.790. The van der Waals surface area contributed by atoms with Crippen LogP contribution < -0.4 is 0 Å². The number of amides is 1. The molecule has 128 valence electrons. The number of aromatic nitrogens is 2. The lowest BCUT2D eigenvalue weighted by Gasteiger charge is -2.19. The Morgan fingerprint density at radius 2 is 1.80 bits per heavy atom. The van der Waals surface area contributed by atoms with E-state index in [4.69, 9.17) is 14.9 Å². The Bertz CT molecular complexity index is 776. The first-order valence-corrected chi connectivity index (χ1v) is 9.16. The van der Waals surface area contributed by atoms with Crippen LogP contribution in [-0.4, -0.2) is 39.8 Å². The van der Waals surface area contributed by atoms with Crippen molar-refractivity contribution in [3.8, 4) is 23.6 Å². The molecule has 0 bridgehead atoms. The van der Waals surface area contributed by atoms with Crippen LogP contribution in [0.1, 0.15) is 12.8 Å². The molecule has 7 nitrogen and oxygen atoms in total. The summed E-state index contributed by atoms with van der Waals surface area (Å²) >= 11 is 4.50. The second kappa shape index (κ2) is 9.82. The second-order valence-corrected chi connectivity index (χ2v) is 6.71. The standard InChI is InChI=1S/C16H14BrN5O2S/c17-13-5-3-12(4-6-13)15-20-21-16(24-15)25-11-14(23)22(9-1-7-18)10-2-8-19/h3-6H,1-2,9-11H2. The van der Waals surface area contributed by atoms with E-state index in [1.54, 1.807) is 0 Å². The molecule has 0 aliphatic rings. The molecule has 0 aliphatic carbocycles. The molecule has 1 heterocycles. The molecule has 0 radical (unpaired) electrons. The van der Waals surface area contributed by atoms with Gasteiger partial charge in [0.15, 0.2) is 0 Å². The summed E-state index contributed by atoms with van der Waals surface area (Å²) < 4.78 is 6.50. The largest absolute Gasteiger partial charge is 0.411 e. The minimum Gasteiger partial charge on any atom is -0.411 e. The Labute approximate surface area is 157 Å². The lowest BCUT2D eigenvalue weighted by atomic mass is 10.2. The van der Waals surface area contributed by atoms with Crippen LogP contribution in [-0.2, 0) is 4.79 Å². The minimum absolute atomic E-state index is 0.110. The third kappa shape index (κ3) is 5.89. The van der Waals surface area contributed by atoms with Gasteiger partial charge in [0.2, 0.25) is 11.8 Å². The van der Waals surface area contributed by atoms with Crippen LogP contribution in [0, 0.1) is 22.7 Å². The summed E-state index contributed by atoms with van der Waals surface area (Å²) in [6.45, 7) is 0.622. The van der Waals surface area contributed by atoms with Crippen molar-refractivity contribution in [3.63, 3.8) is 0 Å². The van der Waals surface area contributed by atoms with Gasteiger partial charge < -0.3 is 9.32 Å². The van der Waals surface area contributed by atoms with E-state index in [1.807, 2.05) is 36.4 Å². The van der Waals surface area contributed by atoms with Crippen molar-refractivity contribution in [2.24, 2.45) is 0 Å². The maximum absolute atomic E-state index is 12.2. The van der Waals surface area contributed by atoms with Gasteiger partial charge in [0.25, 0.3) is 5.22 Å². The Hall–Kier alpha value is -2.36. The molecular weight excluding hydrogens is 406 g/mol. The van der Waals surface area contributed by atoms with Gasteiger partial charge in [-0.15, -0.1) is 10.2 Å². The van der Waals surface area contributed by atoms with Gasteiger partial charge in [-0.05, 0) is 24.3 Å². The number of hydrogen-bond acceptors (Lipinski definition) is 7. The van der Waals surface area contributed by atoms with E-state index in [0.717, 1.165) is 21.8 Å². The van der Waals surface area contributed by atoms with Crippen molar-refractivity contribution < 1.29 is 9.21 Å². The second-order valence-electron chi connectivity index (χ2n) is 4.87. The van der Waals surface area contributed by atoms with E-state index in [2.05, 4.69) is 26.1 Å². The topological polar surface area (TPSA) is 107 Å². The molecule has 1 aromatic carbocycles. The number of rotatable bonds is 8. The number of halogens is 1. The smallest absolute Gasteiger partial charge is 0.277 e. The Balaban J connectivity index is 1.93. The Morgan fingerprint density at radius 1 is 1.16 bits per heavy atom. The average Bonchev–Trinajstić information content (AvgIpc) is 3.09. The molecular formula is C16H14BrN5O2S. The highest BCUT2D eigenvalue weighted by atomic mass is 79.9. The third-order valence-corrected chi connectivity index (χ3v) is 4.49. The lowest BCUT2D eigenvalue weighted by Crippen LogP contribution is -2.34. The lowest BCUT2D eigenvalue weighted by molar-refractivity contribution is -0.128. The third-order valence-electron chi connectivity index (χ3n) is 3.16. The summed E-state index contributed by atoms with van der Waals surface area (Å²) in [4.78, 5) is 13.7. The highest BCUT2D eigenvalue weighted by Gasteiger charge is 2.16. The van der Waals surface area contributed by atoms with Gasteiger partial charge in [-0.3, -0.25) is 4.79 Å². The quantitative estimate of drug-likeness (QED) is 0.604. The fourth-order valence-corrected chi connectivity index (χ4v) is 2.85. The fourth-order valence-electron chi connectivity index (χ4n) is 1.92. The molecule has 2 rings (SSSR count). The number of thioether (sulfide) groups is 1. The summed E-state index contributed by atoms with van der Waals surface area (Å²) in [5, 5.41) is 25.5. The predicted molar refractivity (Wildman–Crippen MR) is 95.2 cm³/mol. The van der Waals surface area contributed by atoms with Crippen LogP contribution in [0.15, 0.2) is 38.4 Å². The minimum atomic E-state index is -0.168. The van der Waals surface area contributed by atoms with E-state index in [9.17, 15) is 4.79 Å². The maximum Gasteiger partial charge on any atom is 0.277 e. The zero-order valence-corrected chi connectivity index (χ0v) is 15.6. The molecule has 0 saturated carbocycles. The summed E-state index contributed by atoms with van der Waals surface area (Å²) in [7, 11) is 0. The first-order valence-electron chi connectivity index (χ1n) is 7.38. The first-order chi connectivity index (χ1) is 12.1. The molecule has 0 aliphatic heterocycles. The van der Waals surface area contributed by atoms with Gasteiger partial charge in [0.05, 0.1) is 30.7 Å². The number of nitriles is 2. The van der Waals surface area contributed by atoms with Crippen LogP contribution in [0.2, 0.25) is 0 Å². The van der Waals surface area contributed by atoms with Crippen molar-refractivity contribution in [2.75, 3.05) is 18.8 Å². The molecule has 0 fully saturated rings. The van der Waals surface area contributed by atoms with Gasteiger partial charge >= 0.3 is 0 Å². The predicted octanol–water partition coefficient (Wildman–Crippen LogP) is 3.25.